The van der Waals surface area contributed by atoms with E-state index < -0.39 is 0 Å². The minimum atomic E-state index is -0.273. The van der Waals surface area contributed by atoms with Crippen molar-refractivity contribution in [1.29, 1.82) is 0 Å². The Bertz CT molecular complexity index is 177. The van der Waals surface area contributed by atoms with E-state index in [9.17, 15) is 0 Å². The molecule has 0 N–H and O–H groups in total. The zero-order valence-electron chi connectivity index (χ0n) is 12.1. The van der Waals surface area contributed by atoms with Crippen LogP contribution in [0.4, 0.5) is 0 Å². The summed E-state index contributed by atoms with van der Waals surface area (Å²) in [6.45, 7) is 10.4. The second-order valence-electron chi connectivity index (χ2n) is 6.23. The van der Waals surface area contributed by atoms with E-state index in [4.69, 9.17) is 9.47 Å². The van der Waals surface area contributed by atoms with Crippen molar-refractivity contribution in [2.45, 2.75) is 72.0 Å². The van der Waals surface area contributed by atoms with Crippen molar-refractivity contribution in [3.05, 3.63) is 0 Å². The van der Waals surface area contributed by atoms with Gasteiger partial charge in [-0.3, -0.25) is 0 Å². The lowest BCUT2D eigenvalue weighted by molar-refractivity contribution is -0.252. The molecular weight excluding hydrogens is 212 g/mol. The predicted molar refractivity (Wildman–Crippen MR) is 72.0 cm³/mol. The smallest absolute Gasteiger partial charge is 0.168 e. The number of rotatable bonds is 6. The largest absolute Gasteiger partial charge is 0.350 e. The molecule has 0 bridgehead atoms. The number of hydrogen-bond acceptors (Lipinski definition) is 2. The Balaban J connectivity index is 2.53. The minimum Gasteiger partial charge on any atom is -0.350 e. The van der Waals surface area contributed by atoms with Gasteiger partial charge in [-0.1, -0.05) is 40.5 Å². The summed E-state index contributed by atoms with van der Waals surface area (Å²) in [4.78, 5) is 0. The fourth-order valence-corrected chi connectivity index (χ4v) is 2.23. The lowest BCUT2D eigenvalue weighted by atomic mass is 10.1. The highest BCUT2D eigenvalue weighted by Crippen LogP contribution is 2.32. The van der Waals surface area contributed by atoms with Gasteiger partial charge in [0.15, 0.2) is 5.79 Å². The number of ether oxygens (including phenoxy) is 2. The highest BCUT2D eigenvalue weighted by Gasteiger charge is 2.33. The Morgan fingerprint density at radius 3 is 1.53 bits per heavy atom. The van der Waals surface area contributed by atoms with Crippen LogP contribution in [0.15, 0.2) is 0 Å². The molecule has 0 amide bonds. The zero-order chi connectivity index (χ0) is 12.7. The van der Waals surface area contributed by atoms with Gasteiger partial charge in [0.1, 0.15) is 0 Å². The van der Waals surface area contributed by atoms with Crippen molar-refractivity contribution < 1.29 is 9.47 Å². The van der Waals surface area contributed by atoms with Crippen molar-refractivity contribution in [2.24, 2.45) is 11.8 Å². The van der Waals surface area contributed by atoms with E-state index in [1.807, 2.05) is 0 Å². The maximum atomic E-state index is 6.14. The monoisotopic (exact) mass is 242 g/mol. The molecule has 0 heterocycles. The Labute approximate surface area is 107 Å². The molecule has 2 heteroatoms. The van der Waals surface area contributed by atoms with Gasteiger partial charge in [-0.05, 0) is 24.7 Å². The average Bonchev–Trinajstić information content (AvgIpc) is 2.50. The van der Waals surface area contributed by atoms with Crippen molar-refractivity contribution in [2.75, 3.05) is 13.2 Å². The minimum absolute atomic E-state index is 0.273. The van der Waals surface area contributed by atoms with Crippen molar-refractivity contribution in [3.63, 3.8) is 0 Å². The summed E-state index contributed by atoms with van der Waals surface area (Å²) in [5, 5.41) is 0. The Hall–Kier alpha value is -0.0800. The van der Waals surface area contributed by atoms with Gasteiger partial charge in [0.2, 0.25) is 0 Å². The highest BCUT2D eigenvalue weighted by atomic mass is 16.7. The first-order chi connectivity index (χ1) is 8.04. The van der Waals surface area contributed by atoms with Crippen LogP contribution in [0.1, 0.15) is 66.2 Å². The van der Waals surface area contributed by atoms with Crippen LogP contribution >= 0.6 is 0 Å². The van der Waals surface area contributed by atoms with Crippen LogP contribution in [0, 0.1) is 11.8 Å². The van der Waals surface area contributed by atoms with Crippen LogP contribution < -0.4 is 0 Å². The maximum Gasteiger partial charge on any atom is 0.168 e. The third-order valence-corrected chi connectivity index (χ3v) is 3.22. The van der Waals surface area contributed by atoms with E-state index in [-0.39, 0.29) is 5.79 Å². The van der Waals surface area contributed by atoms with E-state index in [0.29, 0.717) is 11.8 Å². The van der Waals surface area contributed by atoms with Crippen LogP contribution in [0.25, 0.3) is 0 Å². The topological polar surface area (TPSA) is 18.5 Å². The third-order valence-electron chi connectivity index (χ3n) is 3.22. The van der Waals surface area contributed by atoms with Crippen molar-refractivity contribution in [1.82, 2.24) is 0 Å². The van der Waals surface area contributed by atoms with Gasteiger partial charge in [0.05, 0.1) is 13.2 Å². The fraction of sp³-hybridized carbons (Fsp3) is 1.00. The first-order valence-electron chi connectivity index (χ1n) is 7.32. The summed E-state index contributed by atoms with van der Waals surface area (Å²) >= 11 is 0. The lowest BCUT2D eigenvalue weighted by Gasteiger charge is -2.34. The van der Waals surface area contributed by atoms with E-state index in [1.54, 1.807) is 0 Å². The molecule has 2 nitrogen and oxygen atoms in total. The Morgan fingerprint density at radius 1 is 0.765 bits per heavy atom. The molecule has 1 saturated carbocycles. The predicted octanol–water partition coefficient (Wildman–Crippen LogP) is 4.38. The molecule has 0 aromatic carbocycles. The fourth-order valence-electron chi connectivity index (χ4n) is 2.23. The van der Waals surface area contributed by atoms with Crippen LogP contribution in [0.2, 0.25) is 0 Å². The molecule has 0 atom stereocenters. The summed E-state index contributed by atoms with van der Waals surface area (Å²) in [5.74, 6) is 0.890. The van der Waals surface area contributed by atoms with Crippen LogP contribution in [0.5, 0.6) is 0 Å². The summed E-state index contributed by atoms with van der Waals surface area (Å²) < 4.78 is 12.3. The van der Waals surface area contributed by atoms with E-state index >= 15 is 0 Å². The van der Waals surface area contributed by atoms with Gasteiger partial charge >= 0.3 is 0 Å². The van der Waals surface area contributed by atoms with E-state index in [0.717, 1.165) is 26.1 Å². The normalized spacial score (nSPS) is 20.8. The first-order valence-corrected chi connectivity index (χ1v) is 7.32. The van der Waals surface area contributed by atoms with Crippen molar-refractivity contribution >= 4 is 0 Å². The molecule has 1 rings (SSSR count). The standard InChI is InChI=1S/C15H30O2/c1-13(2)11-16-15(17-12-14(3)4)9-7-5-6-8-10-15/h13-14H,5-12H2,1-4H3. The van der Waals surface area contributed by atoms with Gasteiger partial charge in [0, 0.05) is 12.8 Å². The molecule has 1 aliphatic rings. The molecule has 0 aromatic heterocycles. The molecule has 1 fully saturated rings. The van der Waals surface area contributed by atoms with Gasteiger partial charge in [-0.15, -0.1) is 0 Å². The molecule has 102 valence electrons. The summed E-state index contributed by atoms with van der Waals surface area (Å²) in [5.41, 5.74) is 0. The first kappa shape index (κ1) is 15.0. The van der Waals surface area contributed by atoms with Gasteiger partial charge < -0.3 is 9.47 Å². The SMILES string of the molecule is CC(C)COC1(OCC(C)C)CCCCCC1. The molecule has 0 saturated heterocycles. The summed E-state index contributed by atoms with van der Waals surface area (Å²) in [6, 6.07) is 0. The highest BCUT2D eigenvalue weighted by molar-refractivity contribution is 4.74. The van der Waals surface area contributed by atoms with Gasteiger partial charge in [0.25, 0.3) is 0 Å². The van der Waals surface area contributed by atoms with Gasteiger partial charge in [-0.25, -0.2) is 0 Å². The summed E-state index contributed by atoms with van der Waals surface area (Å²) in [6.07, 6.45) is 7.31. The van der Waals surface area contributed by atoms with Crippen LogP contribution in [0.3, 0.4) is 0 Å². The second kappa shape index (κ2) is 7.38. The average molecular weight is 242 g/mol. The lowest BCUT2D eigenvalue weighted by Crippen LogP contribution is -2.37. The molecule has 0 aromatic rings. The Kier molecular flexibility index (Phi) is 6.50. The molecule has 0 aliphatic heterocycles. The molecule has 17 heavy (non-hydrogen) atoms. The molecule has 0 spiro atoms. The quantitative estimate of drug-likeness (QED) is 0.508. The molecule has 0 unspecified atom stereocenters. The van der Waals surface area contributed by atoms with Crippen molar-refractivity contribution in [3.8, 4) is 0 Å². The van der Waals surface area contributed by atoms with Gasteiger partial charge in [-0.2, -0.15) is 0 Å². The maximum absolute atomic E-state index is 6.14. The molecule has 1 aliphatic carbocycles. The van der Waals surface area contributed by atoms with Crippen LogP contribution in [-0.2, 0) is 9.47 Å². The van der Waals surface area contributed by atoms with E-state index in [2.05, 4.69) is 27.7 Å². The Morgan fingerprint density at radius 2 is 1.18 bits per heavy atom. The molecule has 0 radical (unpaired) electrons. The molecular formula is C15H30O2. The zero-order valence-corrected chi connectivity index (χ0v) is 12.1. The summed E-state index contributed by atoms with van der Waals surface area (Å²) in [7, 11) is 0. The third kappa shape index (κ3) is 5.87. The van der Waals surface area contributed by atoms with Crippen LogP contribution in [-0.4, -0.2) is 19.0 Å². The number of hydrogen-bond donors (Lipinski definition) is 0. The van der Waals surface area contributed by atoms with E-state index in [1.165, 1.54) is 25.7 Å². The second-order valence-corrected chi connectivity index (χ2v) is 6.23.